The summed E-state index contributed by atoms with van der Waals surface area (Å²) in [4.78, 5) is 1.38. The molecule has 0 amide bonds. The van der Waals surface area contributed by atoms with Crippen LogP contribution in [-0.2, 0) is 0 Å². The first-order valence-electron chi connectivity index (χ1n) is 4.14. The van der Waals surface area contributed by atoms with Gasteiger partial charge in [0.2, 0.25) is 0 Å². The van der Waals surface area contributed by atoms with Gasteiger partial charge in [-0.05, 0) is 30.9 Å². The second-order valence-electron chi connectivity index (χ2n) is 2.77. The second kappa shape index (κ2) is 4.68. The van der Waals surface area contributed by atoms with Crippen LogP contribution in [0.4, 0.5) is 0 Å². The largest absolute Gasteiger partial charge is 0.128 e. The van der Waals surface area contributed by atoms with Crippen LogP contribution in [0.25, 0.3) is 0 Å². The molecular formula is C10H13ClS. The fraction of sp³-hybridized carbons (Fsp3) is 0.400. The Morgan fingerprint density at radius 3 is 2.83 bits per heavy atom. The van der Waals surface area contributed by atoms with Crippen molar-refractivity contribution in [3.8, 4) is 0 Å². The van der Waals surface area contributed by atoms with Crippen molar-refractivity contribution >= 4 is 22.9 Å². The minimum absolute atomic E-state index is 0.611. The van der Waals surface area contributed by atoms with E-state index in [1.165, 1.54) is 4.88 Å². The first-order chi connectivity index (χ1) is 5.77. The molecule has 0 saturated carbocycles. The lowest BCUT2D eigenvalue weighted by molar-refractivity contribution is 0.687. The van der Waals surface area contributed by atoms with Crippen LogP contribution in [0.5, 0.6) is 0 Å². The molecule has 0 fully saturated rings. The zero-order valence-corrected chi connectivity index (χ0v) is 8.79. The average Bonchev–Trinajstić information content (AvgIpc) is 2.47. The van der Waals surface area contributed by atoms with E-state index >= 15 is 0 Å². The van der Waals surface area contributed by atoms with Crippen molar-refractivity contribution in [3.05, 3.63) is 34.0 Å². The van der Waals surface area contributed by atoms with Gasteiger partial charge in [0, 0.05) is 4.88 Å². The highest BCUT2D eigenvalue weighted by molar-refractivity contribution is 7.16. The highest BCUT2D eigenvalue weighted by Gasteiger charge is 2.09. The van der Waals surface area contributed by atoms with E-state index in [0.717, 1.165) is 17.2 Å². The minimum atomic E-state index is 0.611. The predicted octanol–water partition coefficient (Wildman–Crippen LogP) is 4.47. The van der Waals surface area contributed by atoms with Crippen LogP contribution in [0.3, 0.4) is 0 Å². The quantitative estimate of drug-likeness (QED) is 0.630. The zero-order valence-electron chi connectivity index (χ0n) is 7.22. The Balaban J connectivity index is 2.72. The minimum Gasteiger partial charge on any atom is -0.128 e. The van der Waals surface area contributed by atoms with Crippen LogP contribution in [0.2, 0.25) is 4.34 Å². The van der Waals surface area contributed by atoms with Crippen molar-refractivity contribution in [2.45, 2.75) is 25.7 Å². The van der Waals surface area contributed by atoms with Crippen LogP contribution in [-0.4, -0.2) is 0 Å². The van der Waals surface area contributed by atoms with Crippen molar-refractivity contribution in [3.63, 3.8) is 0 Å². The van der Waals surface area contributed by atoms with Crippen molar-refractivity contribution in [2.24, 2.45) is 0 Å². The van der Waals surface area contributed by atoms with Gasteiger partial charge in [-0.15, -0.1) is 17.9 Å². The van der Waals surface area contributed by atoms with Crippen LogP contribution in [0, 0.1) is 0 Å². The summed E-state index contributed by atoms with van der Waals surface area (Å²) in [6.07, 6.45) is 4.18. The zero-order chi connectivity index (χ0) is 8.97. The Morgan fingerprint density at radius 1 is 1.67 bits per heavy atom. The van der Waals surface area contributed by atoms with Gasteiger partial charge in [0.15, 0.2) is 0 Å². The van der Waals surface area contributed by atoms with Crippen molar-refractivity contribution < 1.29 is 0 Å². The van der Waals surface area contributed by atoms with Crippen LogP contribution in [0.1, 0.15) is 30.6 Å². The number of thiophene rings is 1. The van der Waals surface area contributed by atoms with Gasteiger partial charge in [-0.2, -0.15) is 0 Å². The van der Waals surface area contributed by atoms with Gasteiger partial charge in [0.25, 0.3) is 0 Å². The second-order valence-corrected chi connectivity index (χ2v) is 4.52. The molecule has 1 aromatic rings. The molecule has 0 aliphatic heterocycles. The maximum atomic E-state index is 5.85. The summed E-state index contributed by atoms with van der Waals surface area (Å²) >= 11 is 7.53. The van der Waals surface area contributed by atoms with Crippen LogP contribution in [0.15, 0.2) is 24.8 Å². The molecular weight excluding hydrogens is 188 g/mol. The number of hydrogen-bond donors (Lipinski definition) is 0. The molecule has 1 heterocycles. The highest BCUT2D eigenvalue weighted by Crippen LogP contribution is 2.32. The third kappa shape index (κ3) is 2.36. The Kier molecular flexibility index (Phi) is 3.83. The summed E-state index contributed by atoms with van der Waals surface area (Å²) < 4.78 is 0.882. The van der Waals surface area contributed by atoms with Gasteiger partial charge in [-0.1, -0.05) is 24.6 Å². The van der Waals surface area contributed by atoms with Crippen LogP contribution >= 0.6 is 22.9 Å². The van der Waals surface area contributed by atoms with Gasteiger partial charge < -0.3 is 0 Å². The molecule has 0 aliphatic carbocycles. The van der Waals surface area contributed by atoms with E-state index in [4.69, 9.17) is 11.6 Å². The molecule has 0 N–H and O–H groups in total. The van der Waals surface area contributed by atoms with E-state index < -0.39 is 0 Å². The topological polar surface area (TPSA) is 0 Å². The lowest BCUT2D eigenvalue weighted by atomic mass is 10.0. The Bertz CT molecular complexity index is 252. The van der Waals surface area contributed by atoms with E-state index in [9.17, 15) is 0 Å². The fourth-order valence-corrected chi connectivity index (χ4v) is 2.49. The number of hydrogen-bond acceptors (Lipinski definition) is 1. The van der Waals surface area contributed by atoms with Gasteiger partial charge in [-0.25, -0.2) is 0 Å². The summed E-state index contributed by atoms with van der Waals surface area (Å²) in [7, 11) is 0. The fourth-order valence-electron chi connectivity index (χ4n) is 1.23. The van der Waals surface area contributed by atoms with Gasteiger partial charge >= 0.3 is 0 Å². The number of halogens is 1. The van der Waals surface area contributed by atoms with E-state index in [2.05, 4.69) is 19.6 Å². The Morgan fingerprint density at radius 2 is 2.42 bits per heavy atom. The summed E-state index contributed by atoms with van der Waals surface area (Å²) in [5.74, 6) is 0.611. The van der Waals surface area contributed by atoms with E-state index in [-0.39, 0.29) is 0 Å². The van der Waals surface area contributed by atoms with E-state index in [1.807, 2.05) is 12.1 Å². The molecule has 0 nitrogen and oxygen atoms in total. The molecule has 0 spiro atoms. The summed E-state index contributed by atoms with van der Waals surface area (Å²) in [6.45, 7) is 5.95. The lowest BCUT2D eigenvalue weighted by Gasteiger charge is -2.08. The lowest BCUT2D eigenvalue weighted by Crippen LogP contribution is -1.91. The van der Waals surface area contributed by atoms with Gasteiger partial charge in [0.1, 0.15) is 0 Å². The molecule has 2 heteroatoms. The third-order valence-corrected chi connectivity index (χ3v) is 3.33. The molecule has 1 rings (SSSR count). The van der Waals surface area contributed by atoms with Crippen molar-refractivity contribution in [2.75, 3.05) is 0 Å². The Hall–Kier alpha value is -0.270. The van der Waals surface area contributed by atoms with E-state index in [0.29, 0.717) is 5.92 Å². The standard InChI is InChI=1S/C10H13ClS/c1-3-5-8(4-2)9-6-7-10(11)12-9/h3,6-8H,1,4-5H2,2H3. The highest BCUT2D eigenvalue weighted by atomic mass is 35.5. The first kappa shape index (κ1) is 9.82. The molecule has 0 aliphatic rings. The molecule has 0 saturated heterocycles. The third-order valence-electron chi connectivity index (χ3n) is 1.94. The number of allylic oxidation sites excluding steroid dienone is 1. The molecule has 12 heavy (non-hydrogen) atoms. The summed E-state index contributed by atoms with van der Waals surface area (Å²) in [6, 6.07) is 4.08. The first-order valence-corrected chi connectivity index (χ1v) is 5.33. The Labute approximate surface area is 82.9 Å². The maximum Gasteiger partial charge on any atom is 0.0931 e. The maximum absolute atomic E-state index is 5.85. The molecule has 1 aromatic heterocycles. The normalized spacial score (nSPS) is 12.8. The number of rotatable bonds is 4. The molecule has 0 bridgehead atoms. The molecule has 0 aromatic carbocycles. The smallest absolute Gasteiger partial charge is 0.0931 e. The van der Waals surface area contributed by atoms with Crippen molar-refractivity contribution in [1.82, 2.24) is 0 Å². The monoisotopic (exact) mass is 200 g/mol. The van der Waals surface area contributed by atoms with Crippen LogP contribution < -0.4 is 0 Å². The SMILES string of the molecule is C=CCC(CC)c1ccc(Cl)s1. The van der Waals surface area contributed by atoms with Gasteiger partial charge in [0.05, 0.1) is 4.34 Å². The molecule has 1 unspecified atom stereocenters. The summed E-state index contributed by atoms with van der Waals surface area (Å²) in [5.41, 5.74) is 0. The molecule has 66 valence electrons. The molecule has 0 radical (unpaired) electrons. The predicted molar refractivity (Wildman–Crippen MR) is 57.2 cm³/mol. The average molecular weight is 201 g/mol. The van der Waals surface area contributed by atoms with Crippen molar-refractivity contribution in [1.29, 1.82) is 0 Å². The van der Waals surface area contributed by atoms with E-state index in [1.54, 1.807) is 11.3 Å². The molecule has 1 atom stereocenters. The van der Waals surface area contributed by atoms with Gasteiger partial charge in [-0.3, -0.25) is 0 Å². The summed E-state index contributed by atoms with van der Waals surface area (Å²) in [5, 5.41) is 0.